The molecule has 1 N–H and O–H groups in total. The van der Waals surface area contributed by atoms with Crippen molar-refractivity contribution >= 4 is 10.0 Å². The predicted molar refractivity (Wildman–Crippen MR) is 93.8 cm³/mol. The second-order valence-electron chi connectivity index (χ2n) is 5.54. The minimum absolute atomic E-state index is 0.0465. The molecule has 130 valence electrons. The van der Waals surface area contributed by atoms with Gasteiger partial charge in [0.05, 0.1) is 17.6 Å². The molecule has 5 nitrogen and oxygen atoms in total. The van der Waals surface area contributed by atoms with Crippen LogP contribution in [-0.2, 0) is 16.6 Å². The van der Waals surface area contributed by atoms with Crippen molar-refractivity contribution in [2.24, 2.45) is 0 Å². The van der Waals surface area contributed by atoms with Gasteiger partial charge in [-0.3, -0.25) is 0 Å². The third-order valence-electron chi connectivity index (χ3n) is 3.21. The van der Waals surface area contributed by atoms with Gasteiger partial charge in [-0.15, -0.1) is 0 Å². The van der Waals surface area contributed by atoms with Gasteiger partial charge in [0.15, 0.2) is 0 Å². The molecule has 0 amide bonds. The molecule has 0 radical (unpaired) electrons. The molecule has 2 aromatic carbocycles. The molecule has 0 aliphatic heterocycles. The maximum absolute atomic E-state index is 12.3. The van der Waals surface area contributed by atoms with Crippen LogP contribution in [0.2, 0.25) is 0 Å². The van der Waals surface area contributed by atoms with Crippen molar-refractivity contribution in [2.45, 2.75) is 38.3 Å². The second-order valence-corrected chi connectivity index (χ2v) is 7.31. The van der Waals surface area contributed by atoms with Crippen LogP contribution in [0.1, 0.15) is 26.3 Å². The van der Waals surface area contributed by atoms with Crippen LogP contribution in [0.25, 0.3) is 0 Å². The summed E-state index contributed by atoms with van der Waals surface area (Å²) < 4.78 is 38.1. The molecule has 0 spiro atoms. The molecule has 0 atom stereocenters. The van der Waals surface area contributed by atoms with Gasteiger partial charge in [-0.05, 0) is 62.7 Å². The lowest BCUT2D eigenvalue weighted by Crippen LogP contribution is -2.23. The van der Waals surface area contributed by atoms with Crippen LogP contribution in [-0.4, -0.2) is 21.1 Å². The van der Waals surface area contributed by atoms with Crippen molar-refractivity contribution in [3.63, 3.8) is 0 Å². The Morgan fingerprint density at radius 3 is 2.08 bits per heavy atom. The number of benzene rings is 2. The Morgan fingerprint density at radius 2 is 1.54 bits per heavy atom. The third-order valence-corrected chi connectivity index (χ3v) is 4.62. The number of hydrogen-bond acceptors (Lipinski definition) is 4. The van der Waals surface area contributed by atoms with E-state index in [9.17, 15) is 8.42 Å². The molecule has 0 fully saturated rings. The number of hydrogen-bond donors (Lipinski definition) is 1. The summed E-state index contributed by atoms with van der Waals surface area (Å²) in [4.78, 5) is 0.213. The van der Waals surface area contributed by atoms with Gasteiger partial charge in [-0.1, -0.05) is 12.1 Å². The molecule has 0 aromatic heterocycles. The fourth-order valence-electron chi connectivity index (χ4n) is 2.10. The molecule has 6 heteroatoms. The molecular weight excluding hydrogens is 326 g/mol. The van der Waals surface area contributed by atoms with Crippen LogP contribution < -0.4 is 14.2 Å². The molecule has 0 bridgehead atoms. The smallest absolute Gasteiger partial charge is 0.240 e. The first-order valence-electron chi connectivity index (χ1n) is 7.89. The summed E-state index contributed by atoms with van der Waals surface area (Å²) in [5, 5.41) is 0. The van der Waals surface area contributed by atoms with Gasteiger partial charge in [0, 0.05) is 6.54 Å². The van der Waals surface area contributed by atoms with E-state index in [-0.39, 0.29) is 17.5 Å². The summed E-state index contributed by atoms with van der Waals surface area (Å²) in [7, 11) is -3.56. The van der Waals surface area contributed by atoms with Crippen molar-refractivity contribution in [3.05, 3.63) is 54.1 Å². The van der Waals surface area contributed by atoms with Crippen molar-refractivity contribution in [3.8, 4) is 11.5 Å². The first kappa shape index (κ1) is 18.3. The molecule has 24 heavy (non-hydrogen) atoms. The summed E-state index contributed by atoms with van der Waals surface area (Å²) in [5.41, 5.74) is 0.863. The monoisotopic (exact) mass is 349 g/mol. The predicted octanol–water partition coefficient (Wildman–Crippen LogP) is 3.35. The van der Waals surface area contributed by atoms with Gasteiger partial charge in [-0.2, -0.15) is 0 Å². The molecule has 2 aromatic rings. The lowest BCUT2D eigenvalue weighted by Gasteiger charge is -2.11. The Bertz CT molecular complexity index is 738. The number of nitrogens with one attached hydrogen (secondary N) is 1. The van der Waals surface area contributed by atoms with Crippen molar-refractivity contribution in [2.75, 3.05) is 6.61 Å². The highest BCUT2D eigenvalue weighted by molar-refractivity contribution is 7.89. The van der Waals surface area contributed by atoms with E-state index < -0.39 is 10.0 Å². The molecule has 0 aliphatic carbocycles. The maximum Gasteiger partial charge on any atom is 0.240 e. The minimum Gasteiger partial charge on any atom is -0.494 e. The lowest BCUT2D eigenvalue weighted by molar-refractivity contribution is 0.242. The van der Waals surface area contributed by atoms with Crippen LogP contribution in [0.15, 0.2) is 53.4 Å². The van der Waals surface area contributed by atoms with Crippen molar-refractivity contribution < 1.29 is 17.9 Å². The van der Waals surface area contributed by atoms with E-state index in [0.717, 1.165) is 11.3 Å². The fourth-order valence-corrected chi connectivity index (χ4v) is 3.12. The lowest BCUT2D eigenvalue weighted by atomic mass is 10.2. The zero-order valence-electron chi connectivity index (χ0n) is 14.2. The zero-order chi connectivity index (χ0) is 17.6. The third kappa shape index (κ3) is 5.25. The summed E-state index contributed by atoms with van der Waals surface area (Å²) in [5.74, 6) is 1.42. The van der Waals surface area contributed by atoms with Gasteiger partial charge in [0.1, 0.15) is 11.5 Å². The SMILES string of the molecule is CCOc1ccc(CNS(=O)(=O)c2ccc(OC(C)C)cc2)cc1. The first-order valence-corrected chi connectivity index (χ1v) is 9.37. The quantitative estimate of drug-likeness (QED) is 0.794. The average molecular weight is 349 g/mol. The number of sulfonamides is 1. The summed E-state index contributed by atoms with van der Waals surface area (Å²) in [6.07, 6.45) is 0.0465. The summed E-state index contributed by atoms with van der Waals surface area (Å²) in [6.45, 7) is 6.58. The van der Waals surface area contributed by atoms with E-state index in [2.05, 4.69) is 4.72 Å². The highest BCUT2D eigenvalue weighted by atomic mass is 32.2. The Morgan fingerprint density at radius 1 is 0.958 bits per heavy atom. The van der Waals surface area contributed by atoms with Crippen molar-refractivity contribution in [1.82, 2.24) is 4.72 Å². The molecule has 0 saturated heterocycles. The van der Waals surface area contributed by atoms with Gasteiger partial charge >= 0.3 is 0 Å². The second kappa shape index (κ2) is 8.17. The topological polar surface area (TPSA) is 64.6 Å². The Labute approximate surface area is 143 Å². The number of rotatable bonds is 8. The largest absolute Gasteiger partial charge is 0.494 e. The highest BCUT2D eigenvalue weighted by Crippen LogP contribution is 2.18. The van der Waals surface area contributed by atoms with E-state index in [1.807, 2.05) is 45.0 Å². The van der Waals surface area contributed by atoms with Gasteiger partial charge in [0.2, 0.25) is 10.0 Å². The van der Waals surface area contributed by atoms with Crippen molar-refractivity contribution in [1.29, 1.82) is 0 Å². The van der Waals surface area contributed by atoms with E-state index >= 15 is 0 Å². The Kier molecular flexibility index (Phi) is 6.23. The molecule has 0 heterocycles. The van der Waals surface area contributed by atoms with Gasteiger partial charge < -0.3 is 9.47 Å². The molecule has 0 aliphatic rings. The normalized spacial score (nSPS) is 11.5. The van der Waals surface area contributed by atoms with Crippen LogP contribution in [0.5, 0.6) is 11.5 Å². The van der Waals surface area contributed by atoms with E-state index in [1.165, 1.54) is 12.1 Å². The van der Waals surface area contributed by atoms with Crippen LogP contribution in [0.3, 0.4) is 0 Å². The zero-order valence-corrected chi connectivity index (χ0v) is 15.0. The molecule has 0 unspecified atom stereocenters. The van der Waals surface area contributed by atoms with Crippen LogP contribution in [0.4, 0.5) is 0 Å². The van der Waals surface area contributed by atoms with E-state index in [1.54, 1.807) is 12.1 Å². The Hall–Kier alpha value is -2.05. The molecular formula is C18H23NO4S. The van der Waals surface area contributed by atoms with E-state index in [0.29, 0.717) is 12.4 Å². The van der Waals surface area contributed by atoms with Gasteiger partial charge in [0.25, 0.3) is 0 Å². The maximum atomic E-state index is 12.3. The summed E-state index contributed by atoms with van der Waals surface area (Å²) >= 11 is 0. The average Bonchev–Trinajstić information content (AvgIpc) is 2.54. The van der Waals surface area contributed by atoms with Crippen LogP contribution >= 0.6 is 0 Å². The fraction of sp³-hybridized carbons (Fsp3) is 0.333. The van der Waals surface area contributed by atoms with Gasteiger partial charge in [-0.25, -0.2) is 13.1 Å². The minimum atomic E-state index is -3.56. The standard InChI is InChI=1S/C18H23NO4S/c1-4-22-16-7-5-15(6-8-16)13-19-24(20,21)18-11-9-17(10-12-18)23-14(2)3/h5-12,14,19H,4,13H2,1-3H3. The first-order chi connectivity index (χ1) is 11.4. The van der Waals surface area contributed by atoms with E-state index in [4.69, 9.17) is 9.47 Å². The highest BCUT2D eigenvalue weighted by Gasteiger charge is 2.14. The summed E-state index contributed by atoms with van der Waals surface area (Å²) in [6, 6.07) is 13.7. The molecule has 2 rings (SSSR count). The Balaban J connectivity index is 2.00. The van der Waals surface area contributed by atoms with Crippen LogP contribution in [0, 0.1) is 0 Å². The number of ether oxygens (including phenoxy) is 2. The molecule has 0 saturated carbocycles.